The lowest BCUT2D eigenvalue weighted by Crippen LogP contribution is -2.40. The number of hydrogen-bond acceptors (Lipinski definition) is 3. The monoisotopic (exact) mass is 410 g/mol. The molecule has 0 unspecified atom stereocenters. The normalized spacial score (nSPS) is 26.3. The molecule has 3 heteroatoms. The summed E-state index contributed by atoms with van der Waals surface area (Å²) in [6, 6.07) is 0. The highest BCUT2D eigenvalue weighted by Crippen LogP contribution is 2.28. The number of aliphatic hydroxyl groups is 2. The van der Waals surface area contributed by atoms with Crippen molar-refractivity contribution in [2.75, 3.05) is 13.2 Å². The predicted octanol–water partition coefficient (Wildman–Crippen LogP) is 7.07. The summed E-state index contributed by atoms with van der Waals surface area (Å²) in [5.74, 6) is 0. The van der Waals surface area contributed by atoms with Crippen LogP contribution in [0.3, 0.4) is 0 Å². The number of ether oxygens (including phenoxy) is 1. The maximum absolute atomic E-state index is 11.2. The predicted molar refractivity (Wildman–Crippen MR) is 122 cm³/mol. The lowest BCUT2D eigenvalue weighted by Gasteiger charge is -2.33. The van der Waals surface area contributed by atoms with Crippen LogP contribution in [0, 0.1) is 0 Å². The molecule has 2 aliphatic rings. The fourth-order valence-electron chi connectivity index (χ4n) is 5.26. The molecule has 2 rings (SSSR count). The first-order valence-corrected chi connectivity index (χ1v) is 13.1. The van der Waals surface area contributed by atoms with Crippen molar-refractivity contribution >= 4 is 0 Å². The third-order valence-corrected chi connectivity index (χ3v) is 7.31. The van der Waals surface area contributed by atoms with Crippen LogP contribution in [0.15, 0.2) is 0 Å². The fourth-order valence-corrected chi connectivity index (χ4v) is 5.26. The molecule has 0 aliphatic heterocycles. The molecule has 2 aliphatic carbocycles. The van der Waals surface area contributed by atoms with Gasteiger partial charge in [0, 0.05) is 0 Å². The van der Waals surface area contributed by atoms with E-state index in [0.29, 0.717) is 13.2 Å². The van der Waals surface area contributed by atoms with E-state index in [9.17, 15) is 10.2 Å². The Morgan fingerprint density at radius 1 is 0.379 bits per heavy atom. The Kier molecular flexibility index (Phi) is 12.8. The van der Waals surface area contributed by atoms with Gasteiger partial charge in [0.15, 0.2) is 0 Å². The summed E-state index contributed by atoms with van der Waals surface area (Å²) < 4.78 is 6.07. The van der Waals surface area contributed by atoms with Gasteiger partial charge in [-0.15, -0.1) is 0 Å². The lowest BCUT2D eigenvalue weighted by molar-refractivity contribution is -0.109. The van der Waals surface area contributed by atoms with Gasteiger partial charge in [-0.25, -0.2) is 0 Å². The van der Waals surface area contributed by atoms with Gasteiger partial charge >= 0.3 is 0 Å². The molecule has 3 nitrogen and oxygen atoms in total. The highest BCUT2D eigenvalue weighted by Gasteiger charge is 2.30. The lowest BCUT2D eigenvalue weighted by atomic mass is 9.88. The van der Waals surface area contributed by atoms with Crippen molar-refractivity contribution < 1.29 is 14.9 Å². The average molecular weight is 411 g/mol. The third kappa shape index (κ3) is 11.7. The van der Waals surface area contributed by atoms with Crippen LogP contribution in [-0.4, -0.2) is 34.6 Å². The summed E-state index contributed by atoms with van der Waals surface area (Å²) in [5.41, 5.74) is -1.39. The highest BCUT2D eigenvalue weighted by atomic mass is 16.5. The maximum Gasteiger partial charge on any atom is 0.0880 e. The zero-order chi connectivity index (χ0) is 20.7. The number of hydrogen-bond donors (Lipinski definition) is 2. The molecular weight excluding hydrogens is 360 g/mol. The van der Waals surface area contributed by atoms with Crippen molar-refractivity contribution in [1.82, 2.24) is 0 Å². The second kappa shape index (κ2) is 14.8. The minimum Gasteiger partial charge on any atom is -0.387 e. The summed E-state index contributed by atoms with van der Waals surface area (Å²) in [4.78, 5) is 0. The number of rotatable bonds is 4. The second-order valence-electron chi connectivity index (χ2n) is 10.3. The van der Waals surface area contributed by atoms with E-state index in [-0.39, 0.29) is 0 Å². The van der Waals surface area contributed by atoms with Gasteiger partial charge in [0.2, 0.25) is 0 Å². The zero-order valence-electron chi connectivity index (χ0n) is 19.3. The average Bonchev–Trinajstić information content (AvgIpc) is 2.68. The molecule has 0 heterocycles. The summed E-state index contributed by atoms with van der Waals surface area (Å²) in [5, 5.41) is 22.4. The van der Waals surface area contributed by atoms with Crippen molar-refractivity contribution in [2.24, 2.45) is 0 Å². The topological polar surface area (TPSA) is 49.7 Å². The molecule has 0 amide bonds. The minimum absolute atomic E-state index is 0.398. The van der Waals surface area contributed by atoms with Crippen molar-refractivity contribution in [3.8, 4) is 0 Å². The Labute approximate surface area is 181 Å². The summed E-state index contributed by atoms with van der Waals surface area (Å²) in [6.07, 6.45) is 26.1. The van der Waals surface area contributed by atoms with Crippen LogP contribution < -0.4 is 0 Å². The van der Waals surface area contributed by atoms with Crippen molar-refractivity contribution in [3.05, 3.63) is 0 Å². The van der Waals surface area contributed by atoms with Crippen molar-refractivity contribution in [3.63, 3.8) is 0 Å². The Morgan fingerprint density at radius 2 is 0.586 bits per heavy atom. The third-order valence-electron chi connectivity index (χ3n) is 7.31. The van der Waals surface area contributed by atoms with Crippen LogP contribution in [0.5, 0.6) is 0 Å². The van der Waals surface area contributed by atoms with E-state index in [2.05, 4.69) is 0 Å². The minimum atomic E-state index is -0.694. The molecule has 0 bridgehead atoms. The summed E-state index contributed by atoms with van der Waals surface area (Å²) in [6.45, 7) is 0.796. The van der Waals surface area contributed by atoms with Gasteiger partial charge < -0.3 is 14.9 Å². The van der Waals surface area contributed by atoms with E-state index in [0.717, 1.165) is 51.4 Å². The second-order valence-corrected chi connectivity index (χ2v) is 10.3. The van der Waals surface area contributed by atoms with Gasteiger partial charge in [-0.1, -0.05) is 116 Å². The molecule has 29 heavy (non-hydrogen) atoms. The van der Waals surface area contributed by atoms with Crippen LogP contribution in [-0.2, 0) is 4.74 Å². The van der Waals surface area contributed by atoms with E-state index < -0.39 is 11.2 Å². The van der Waals surface area contributed by atoms with Crippen LogP contribution in [0.25, 0.3) is 0 Å². The first-order valence-electron chi connectivity index (χ1n) is 13.1. The van der Waals surface area contributed by atoms with E-state index in [1.165, 1.54) is 89.9 Å². The fraction of sp³-hybridized carbons (Fsp3) is 1.00. The largest absolute Gasteiger partial charge is 0.387 e. The first-order chi connectivity index (χ1) is 14.1. The van der Waals surface area contributed by atoms with Crippen LogP contribution in [0.4, 0.5) is 0 Å². The van der Waals surface area contributed by atoms with Gasteiger partial charge in [-0.2, -0.15) is 0 Å². The molecule has 0 aromatic heterocycles. The standard InChI is InChI=1S/C26H50O3/c27-25(19-15-11-7-3-1-4-8-12-16-20-25)23-29-24-26(28)21-17-13-9-5-2-6-10-14-18-22-26/h27-28H,1-24H2. The van der Waals surface area contributed by atoms with Gasteiger partial charge in [-0.3, -0.25) is 0 Å². The van der Waals surface area contributed by atoms with E-state index in [1.54, 1.807) is 0 Å². The van der Waals surface area contributed by atoms with Gasteiger partial charge in [0.1, 0.15) is 0 Å². The molecule has 2 fully saturated rings. The van der Waals surface area contributed by atoms with Gasteiger partial charge in [0.25, 0.3) is 0 Å². The Bertz CT molecular complexity index is 335. The SMILES string of the molecule is OC1(COCC2(O)CCCCCCCCCCC2)CCCCCCCCCCC1. The molecular formula is C26H50O3. The van der Waals surface area contributed by atoms with Gasteiger partial charge in [-0.05, 0) is 25.7 Å². The Morgan fingerprint density at radius 3 is 0.828 bits per heavy atom. The zero-order valence-corrected chi connectivity index (χ0v) is 19.3. The maximum atomic E-state index is 11.2. The molecule has 172 valence electrons. The molecule has 2 N–H and O–H groups in total. The van der Waals surface area contributed by atoms with Crippen LogP contribution >= 0.6 is 0 Å². The van der Waals surface area contributed by atoms with Crippen molar-refractivity contribution in [2.45, 2.75) is 152 Å². The van der Waals surface area contributed by atoms with E-state index in [1.807, 2.05) is 0 Å². The van der Waals surface area contributed by atoms with Crippen molar-refractivity contribution in [1.29, 1.82) is 0 Å². The molecule has 0 saturated heterocycles. The highest BCUT2D eigenvalue weighted by molar-refractivity contribution is 4.82. The quantitative estimate of drug-likeness (QED) is 0.521. The molecule has 0 atom stereocenters. The summed E-state index contributed by atoms with van der Waals surface area (Å²) in [7, 11) is 0. The van der Waals surface area contributed by atoms with Gasteiger partial charge in [0.05, 0.1) is 24.4 Å². The first kappa shape index (κ1) is 25.1. The van der Waals surface area contributed by atoms with Crippen LogP contribution in [0.1, 0.15) is 141 Å². The molecule has 0 radical (unpaired) electrons. The van der Waals surface area contributed by atoms with Crippen LogP contribution in [0.2, 0.25) is 0 Å². The Balaban J connectivity index is 1.79. The molecule has 2 saturated carbocycles. The molecule has 0 spiro atoms. The smallest absolute Gasteiger partial charge is 0.0880 e. The molecule has 0 aromatic carbocycles. The van der Waals surface area contributed by atoms with E-state index in [4.69, 9.17) is 4.74 Å². The van der Waals surface area contributed by atoms with E-state index >= 15 is 0 Å². The summed E-state index contributed by atoms with van der Waals surface area (Å²) >= 11 is 0. The Hall–Kier alpha value is -0.120. The molecule has 0 aromatic rings.